The lowest BCUT2D eigenvalue weighted by Crippen LogP contribution is -2.49. The van der Waals surface area contributed by atoms with Crippen LogP contribution in [0.2, 0.25) is 0 Å². The lowest BCUT2D eigenvalue weighted by molar-refractivity contribution is -0.144. The maximum atomic E-state index is 11.3. The summed E-state index contributed by atoms with van der Waals surface area (Å²) in [5, 5.41) is 2.84. The predicted octanol–water partition coefficient (Wildman–Crippen LogP) is 1.23. The molecule has 1 aromatic carbocycles. The Hall–Kier alpha value is -1.88. The standard InChI is InChI=1S/C12H13NO4/c14-11(10-6-7-13-10)17-12(15)16-8-9-4-2-1-3-5-9/h1-5,10,13H,6-8H2. The summed E-state index contributed by atoms with van der Waals surface area (Å²) in [7, 11) is 0. The van der Waals surface area contributed by atoms with Crippen LogP contribution in [0.1, 0.15) is 12.0 Å². The van der Waals surface area contributed by atoms with Gasteiger partial charge in [-0.2, -0.15) is 0 Å². The van der Waals surface area contributed by atoms with Gasteiger partial charge in [0.05, 0.1) is 0 Å². The van der Waals surface area contributed by atoms with E-state index in [2.05, 4.69) is 10.1 Å². The number of ether oxygens (including phenoxy) is 2. The van der Waals surface area contributed by atoms with Gasteiger partial charge in [-0.3, -0.25) is 0 Å². The molecule has 1 aromatic rings. The Morgan fingerprint density at radius 2 is 2.00 bits per heavy atom. The van der Waals surface area contributed by atoms with Crippen LogP contribution in [0.3, 0.4) is 0 Å². The molecule has 1 unspecified atom stereocenters. The third-order valence-electron chi connectivity index (χ3n) is 2.49. The van der Waals surface area contributed by atoms with Gasteiger partial charge in [0, 0.05) is 0 Å². The average Bonchev–Trinajstić information content (AvgIpc) is 2.25. The van der Waals surface area contributed by atoms with Gasteiger partial charge in [-0.1, -0.05) is 30.3 Å². The van der Waals surface area contributed by atoms with Crippen molar-refractivity contribution in [3.05, 3.63) is 35.9 Å². The number of hydrogen-bond acceptors (Lipinski definition) is 5. The Morgan fingerprint density at radius 1 is 1.29 bits per heavy atom. The number of carbonyl (C=O) groups excluding carboxylic acids is 2. The van der Waals surface area contributed by atoms with Gasteiger partial charge in [0.1, 0.15) is 12.6 Å². The molecule has 0 spiro atoms. The number of esters is 1. The van der Waals surface area contributed by atoms with Crippen LogP contribution in [-0.2, 0) is 20.9 Å². The summed E-state index contributed by atoms with van der Waals surface area (Å²) in [6.07, 6.45) is -0.252. The molecule has 0 saturated carbocycles. The molecular weight excluding hydrogens is 222 g/mol. The highest BCUT2D eigenvalue weighted by molar-refractivity contribution is 5.86. The van der Waals surface area contributed by atoms with Gasteiger partial charge in [-0.25, -0.2) is 9.59 Å². The highest BCUT2D eigenvalue weighted by Gasteiger charge is 2.28. The third kappa shape index (κ3) is 3.29. The molecule has 5 nitrogen and oxygen atoms in total. The second kappa shape index (κ2) is 5.45. The van der Waals surface area contributed by atoms with Crippen LogP contribution in [-0.4, -0.2) is 24.7 Å². The van der Waals surface area contributed by atoms with Crippen molar-refractivity contribution in [3.63, 3.8) is 0 Å². The van der Waals surface area contributed by atoms with E-state index in [1.54, 1.807) is 0 Å². The zero-order valence-corrected chi connectivity index (χ0v) is 9.22. The van der Waals surface area contributed by atoms with Crippen molar-refractivity contribution in [2.24, 2.45) is 0 Å². The lowest BCUT2D eigenvalue weighted by atomic mass is 10.1. The van der Waals surface area contributed by atoms with Crippen LogP contribution in [0.4, 0.5) is 4.79 Å². The number of nitrogens with one attached hydrogen (secondary N) is 1. The normalized spacial score (nSPS) is 18.0. The molecule has 17 heavy (non-hydrogen) atoms. The summed E-state index contributed by atoms with van der Waals surface area (Å²) in [4.78, 5) is 22.4. The molecule has 5 heteroatoms. The molecule has 2 rings (SSSR count). The first-order chi connectivity index (χ1) is 8.25. The second-order valence-electron chi connectivity index (χ2n) is 3.74. The van der Waals surface area contributed by atoms with E-state index < -0.39 is 12.1 Å². The van der Waals surface area contributed by atoms with Crippen LogP contribution in [0.25, 0.3) is 0 Å². The first kappa shape index (κ1) is 11.6. The third-order valence-corrected chi connectivity index (χ3v) is 2.49. The summed E-state index contributed by atoms with van der Waals surface area (Å²) >= 11 is 0. The molecule has 0 bridgehead atoms. The minimum atomic E-state index is -0.951. The summed E-state index contributed by atoms with van der Waals surface area (Å²) in [6.45, 7) is 0.879. The van der Waals surface area contributed by atoms with Gasteiger partial charge in [-0.05, 0) is 18.5 Å². The molecule has 0 radical (unpaired) electrons. The van der Waals surface area contributed by atoms with Crippen LogP contribution in [0.15, 0.2) is 30.3 Å². The quantitative estimate of drug-likeness (QED) is 0.630. The number of carbonyl (C=O) groups is 2. The van der Waals surface area contributed by atoms with Crippen LogP contribution >= 0.6 is 0 Å². The van der Waals surface area contributed by atoms with Crippen molar-refractivity contribution in [2.75, 3.05) is 6.54 Å². The van der Waals surface area contributed by atoms with E-state index in [1.165, 1.54) is 0 Å². The Morgan fingerprint density at radius 3 is 2.59 bits per heavy atom. The molecular formula is C12H13NO4. The van der Waals surface area contributed by atoms with E-state index >= 15 is 0 Å². The molecule has 1 N–H and O–H groups in total. The SMILES string of the molecule is O=C(OCc1ccccc1)OC(=O)C1CCN1. The van der Waals surface area contributed by atoms with Crippen molar-refractivity contribution in [3.8, 4) is 0 Å². The van der Waals surface area contributed by atoms with Crippen LogP contribution in [0.5, 0.6) is 0 Å². The summed E-state index contributed by atoms with van der Waals surface area (Å²) in [5.41, 5.74) is 0.846. The highest BCUT2D eigenvalue weighted by Crippen LogP contribution is 2.06. The zero-order chi connectivity index (χ0) is 12.1. The molecule has 0 aromatic heterocycles. The van der Waals surface area contributed by atoms with Gasteiger partial charge in [-0.15, -0.1) is 0 Å². The van der Waals surface area contributed by atoms with Crippen LogP contribution < -0.4 is 5.32 Å². The van der Waals surface area contributed by atoms with E-state index in [-0.39, 0.29) is 12.6 Å². The fourth-order valence-electron chi connectivity index (χ4n) is 1.39. The van der Waals surface area contributed by atoms with Gasteiger partial charge in [0.2, 0.25) is 0 Å². The minimum Gasteiger partial charge on any atom is -0.429 e. The Labute approximate surface area is 98.7 Å². The molecule has 1 atom stereocenters. The maximum Gasteiger partial charge on any atom is 0.516 e. The van der Waals surface area contributed by atoms with Gasteiger partial charge < -0.3 is 14.8 Å². The predicted molar refractivity (Wildman–Crippen MR) is 59.1 cm³/mol. The summed E-state index contributed by atoms with van der Waals surface area (Å²) in [6, 6.07) is 8.83. The average molecular weight is 235 g/mol. The number of benzene rings is 1. The molecule has 1 saturated heterocycles. The second-order valence-corrected chi connectivity index (χ2v) is 3.74. The topological polar surface area (TPSA) is 64.6 Å². The monoisotopic (exact) mass is 235 g/mol. The fraction of sp³-hybridized carbons (Fsp3) is 0.333. The molecule has 1 heterocycles. The van der Waals surface area contributed by atoms with Gasteiger partial charge in [0.25, 0.3) is 0 Å². The molecule has 0 aliphatic carbocycles. The van der Waals surface area contributed by atoms with Crippen molar-refractivity contribution in [2.45, 2.75) is 19.1 Å². The maximum absolute atomic E-state index is 11.3. The van der Waals surface area contributed by atoms with Crippen LogP contribution in [0, 0.1) is 0 Å². The Bertz CT molecular complexity index is 400. The molecule has 0 amide bonds. The Kier molecular flexibility index (Phi) is 3.72. The summed E-state index contributed by atoms with van der Waals surface area (Å²) < 4.78 is 9.32. The van der Waals surface area contributed by atoms with Gasteiger partial charge in [0.15, 0.2) is 0 Å². The van der Waals surface area contributed by atoms with E-state index in [0.717, 1.165) is 12.1 Å². The van der Waals surface area contributed by atoms with Crippen molar-refractivity contribution in [1.82, 2.24) is 5.32 Å². The van der Waals surface area contributed by atoms with Crippen molar-refractivity contribution >= 4 is 12.1 Å². The fourth-order valence-corrected chi connectivity index (χ4v) is 1.39. The highest BCUT2D eigenvalue weighted by atomic mass is 16.7. The van der Waals surface area contributed by atoms with Crippen molar-refractivity contribution < 1.29 is 19.1 Å². The molecule has 1 fully saturated rings. The largest absolute Gasteiger partial charge is 0.516 e. The van der Waals surface area contributed by atoms with Crippen molar-refractivity contribution in [1.29, 1.82) is 0 Å². The van der Waals surface area contributed by atoms with E-state index in [4.69, 9.17) is 4.74 Å². The Balaban J connectivity index is 1.72. The number of rotatable bonds is 3. The lowest BCUT2D eigenvalue weighted by Gasteiger charge is -2.24. The number of hydrogen-bond donors (Lipinski definition) is 1. The van der Waals surface area contributed by atoms with E-state index in [0.29, 0.717) is 6.42 Å². The van der Waals surface area contributed by atoms with E-state index in [1.807, 2.05) is 30.3 Å². The molecule has 1 aliphatic heterocycles. The smallest absolute Gasteiger partial charge is 0.429 e. The summed E-state index contributed by atoms with van der Waals surface area (Å²) in [5.74, 6) is -0.575. The first-order valence-electron chi connectivity index (χ1n) is 5.41. The zero-order valence-electron chi connectivity index (χ0n) is 9.22. The molecule has 1 aliphatic rings. The first-order valence-corrected chi connectivity index (χ1v) is 5.41. The minimum absolute atomic E-state index is 0.102. The van der Waals surface area contributed by atoms with E-state index in [9.17, 15) is 9.59 Å². The van der Waals surface area contributed by atoms with Gasteiger partial charge >= 0.3 is 12.1 Å². The molecule has 90 valence electrons.